The molecule has 5 nitrogen and oxygen atoms in total. The van der Waals surface area contributed by atoms with Gasteiger partial charge in [-0.3, -0.25) is 4.79 Å². The van der Waals surface area contributed by atoms with Crippen LogP contribution in [0.1, 0.15) is 19.3 Å². The third-order valence-corrected chi connectivity index (χ3v) is 3.74. The number of piperidine rings is 1. The van der Waals surface area contributed by atoms with E-state index in [0.29, 0.717) is 13.1 Å². The van der Waals surface area contributed by atoms with Gasteiger partial charge in [0, 0.05) is 27.3 Å². The molecular formula is C12H22N2O3. The Kier molecular flexibility index (Phi) is 4.36. The number of nitrogens with one attached hydrogen (secondary N) is 1. The van der Waals surface area contributed by atoms with Crippen molar-refractivity contribution < 1.29 is 14.3 Å². The van der Waals surface area contributed by atoms with E-state index < -0.39 is 0 Å². The largest absolute Gasteiger partial charge is 0.377 e. The molecule has 17 heavy (non-hydrogen) atoms. The average Bonchev–Trinajstić information content (AvgIpc) is 2.82. The number of amides is 1. The normalized spacial score (nSPS) is 34.0. The van der Waals surface area contributed by atoms with Crippen LogP contribution in [0.25, 0.3) is 0 Å². The standard InChI is InChI=1S/C12H22N2O3/c1-16-10-7-14(8-11(10)17-2)12(15)9-5-3-4-6-13-9/h9-11,13H,3-8H2,1-2H3. The summed E-state index contributed by atoms with van der Waals surface area (Å²) < 4.78 is 10.7. The molecule has 0 aromatic rings. The Morgan fingerprint density at radius 1 is 1.18 bits per heavy atom. The van der Waals surface area contributed by atoms with Crippen molar-refractivity contribution in [1.29, 1.82) is 0 Å². The minimum atomic E-state index is -0.00291. The van der Waals surface area contributed by atoms with E-state index in [1.54, 1.807) is 14.2 Å². The number of carbonyl (C=O) groups is 1. The predicted octanol–water partition coefficient (Wildman–Crippen LogP) is 0.000700. The van der Waals surface area contributed by atoms with E-state index in [1.165, 1.54) is 6.42 Å². The lowest BCUT2D eigenvalue weighted by atomic mass is 10.0. The fourth-order valence-electron chi connectivity index (χ4n) is 2.66. The summed E-state index contributed by atoms with van der Waals surface area (Å²) >= 11 is 0. The number of likely N-dealkylation sites (tertiary alicyclic amines) is 1. The van der Waals surface area contributed by atoms with Gasteiger partial charge in [-0.15, -0.1) is 0 Å². The van der Waals surface area contributed by atoms with E-state index in [4.69, 9.17) is 9.47 Å². The summed E-state index contributed by atoms with van der Waals surface area (Å²) in [6.45, 7) is 2.24. The van der Waals surface area contributed by atoms with Crippen molar-refractivity contribution in [2.45, 2.75) is 37.5 Å². The molecule has 5 heteroatoms. The van der Waals surface area contributed by atoms with Crippen LogP contribution in [0, 0.1) is 0 Å². The Balaban J connectivity index is 1.92. The molecule has 0 saturated carbocycles. The van der Waals surface area contributed by atoms with E-state index in [0.717, 1.165) is 19.4 Å². The maximum Gasteiger partial charge on any atom is 0.239 e. The summed E-state index contributed by atoms with van der Waals surface area (Å²) in [7, 11) is 3.34. The highest BCUT2D eigenvalue weighted by molar-refractivity contribution is 5.82. The van der Waals surface area contributed by atoms with Crippen molar-refractivity contribution in [3.05, 3.63) is 0 Å². The Bertz CT molecular complexity index is 254. The average molecular weight is 242 g/mol. The first kappa shape index (κ1) is 12.8. The maximum absolute atomic E-state index is 12.3. The molecule has 0 aromatic carbocycles. The second-order valence-electron chi connectivity index (χ2n) is 4.79. The van der Waals surface area contributed by atoms with E-state index in [-0.39, 0.29) is 24.2 Å². The molecule has 1 N–H and O–H groups in total. The lowest BCUT2D eigenvalue weighted by Gasteiger charge is -2.27. The molecule has 2 saturated heterocycles. The van der Waals surface area contributed by atoms with E-state index >= 15 is 0 Å². The molecule has 98 valence electrons. The molecule has 1 amide bonds. The zero-order valence-electron chi connectivity index (χ0n) is 10.6. The van der Waals surface area contributed by atoms with E-state index in [1.807, 2.05) is 4.90 Å². The number of ether oxygens (including phenoxy) is 2. The molecule has 2 aliphatic heterocycles. The molecule has 0 aromatic heterocycles. The minimum absolute atomic E-state index is 0.00291. The van der Waals surface area contributed by atoms with Gasteiger partial charge in [0.25, 0.3) is 0 Å². The van der Waals surface area contributed by atoms with Gasteiger partial charge in [-0.25, -0.2) is 0 Å². The number of methoxy groups -OCH3 is 2. The number of rotatable bonds is 3. The molecule has 0 aliphatic carbocycles. The van der Waals surface area contributed by atoms with Crippen molar-refractivity contribution in [2.24, 2.45) is 0 Å². The highest BCUT2D eigenvalue weighted by atomic mass is 16.5. The van der Waals surface area contributed by atoms with Gasteiger partial charge in [0.05, 0.1) is 6.04 Å². The number of nitrogens with zero attached hydrogens (tertiary/aromatic N) is 1. The Morgan fingerprint density at radius 3 is 2.29 bits per heavy atom. The fraction of sp³-hybridized carbons (Fsp3) is 0.917. The summed E-state index contributed by atoms with van der Waals surface area (Å²) in [5.74, 6) is 0.200. The van der Waals surface area contributed by atoms with Crippen LogP contribution < -0.4 is 5.32 Å². The Labute approximate surface area is 102 Å². The summed E-state index contributed by atoms with van der Waals surface area (Å²) in [6.07, 6.45) is 3.27. The third-order valence-electron chi connectivity index (χ3n) is 3.74. The molecule has 2 aliphatic rings. The topological polar surface area (TPSA) is 50.8 Å². The smallest absolute Gasteiger partial charge is 0.239 e. The number of carbonyl (C=O) groups excluding carboxylic acids is 1. The number of hydrogen-bond donors (Lipinski definition) is 1. The van der Waals surface area contributed by atoms with E-state index in [9.17, 15) is 4.79 Å². The fourth-order valence-corrected chi connectivity index (χ4v) is 2.66. The van der Waals surface area contributed by atoms with Crippen molar-refractivity contribution >= 4 is 5.91 Å². The van der Waals surface area contributed by atoms with Crippen molar-refractivity contribution in [2.75, 3.05) is 33.9 Å². The number of hydrogen-bond acceptors (Lipinski definition) is 4. The molecule has 2 heterocycles. The quantitative estimate of drug-likeness (QED) is 0.757. The monoisotopic (exact) mass is 242 g/mol. The van der Waals surface area contributed by atoms with Gasteiger partial charge in [-0.2, -0.15) is 0 Å². The van der Waals surface area contributed by atoms with Gasteiger partial charge in [-0.05, 0) is 19.4 Å². The van der Waals surface area contributed by atoms with Crippen LogP contribution in [-0.4, -0.2) is 62.9 Å². The maximum atomic E-state index is 12.3. The SMILES string of the molecule is COC1CN(C(=O)C2CCCCN2)CC1OC. The highest BCUT2D eigenvalue weighted by Crippen LogP contribution is 2.18. The van der Waals surface area contributed by atoms with Crippen molar-refractivity contribution in [3.63, 3.8) is 0 Å². The summed E-state index contributed by atoms with van der Waals surface area (Å²) in [5.41, 5.74) is 0. The van der Waals surface area contributed by atoms with E-state index in [2.05, 4.69) is 5.32 Å². The van der Waals surface area contributed by atoms with Crippen molar-refractivity contribution in [1.82, 2.24) is 10.2 Å². The zero-order valence-corrected chi connectivity index (χ0v) is 10.6. The van der Waals surface area contributed by atoms with Crippen LogP contribution in [0.4, 0.5) is 0 Å². The lowest BCUT2D eigenvalue weighted by molar-refractivity contribution is -0.133. The predicted molar refractivity (Wildman–Crippen MR) is 63.8 cm³/mol. The Hall–Kier alpha value is -0.650. The van der Waals surface area contributed by atoms with Crippen LogP contribution in [0.3, 0.4) is 0 Å². The van der Waals surface area contributed by atoms with Crippen LogP contribution in [0.15, 0.2) is 0 Å². The summed E-state index contributed by atoms with van der Waals surface area (Å²) in [5, 5.41) is 3.29. The van der Waals surface area contributed by atoms with Gasteiger partial charge in [0.2, 0.25) is 5.91 Å². The molecule has 0 bridgehead atoms. The first-order chi connectivity index (χ1) is 8.26. The first-order valence-electron chi connectivity index (χ1n) is 6.34. The van der Waals surface area contributed by atoms with Gasteiger partial charge >= 0.3 is 0 Å². The van der Waals surface area contributed by atoms with Crippen LogP contribution in [-0.2, 0) is 14.3 Å². The highest BCUT2D eigenvalue weighted by Gasteiger charge is 2.37. The van der Waals surface area contributed by atoms with Gasteiger partial charge in [0.1, 0.15) is 12.2 Å². The van der Waals surface area contributed by atoms with Crippen LogP contribution in [0.5, 0.6) is 0 Å². The zero-order chi connectivity index (χ0) is 12.3. The minimum Gasteiger partial charge on any atom is -0.377 e. The first-order valence-corrected chi connectivity index (χ1v) is 6.34. The molecular weight excluding hydrogens is 220 g/mol. The molecule has 2 rings (SSSR count). The second kappa shape index (κ2) is 5.80. The van der Waals surface area contributed by atoms with Gasteiger partial charge < -0.3 is 19.7 Å². The van der Waals surface area contributed by atoms with Gasteiger partial charge in [0.15, 0.2) is 0 Å². The molecule has 0 radical (unpaired) electrons. The molecule has 0 spiro atoms. The Morgan fingerprint density at radius 2 is 1.82 bits per heavy atom. The summed E-state index contributed by atoms with van der Waals surface area (Å²) in [6, 6.07) is -0.00291. The molecule has 3 atom stereocenters. The second-order valence-corrected chi connectivity index (χ2v) is 4.79. The van der Waals surface area contributed by atoms with Crippen LogP contribution in [0.2, 0.25) is 0 Å². The van der Waals surface area contributed by atoms with Gasteiger partial charge in [-0.1, -0.05) is 6.42 Å². The van der Waals surface area contributed by atoms with Crippen LogP contribution >= 0.6 is 0 Å². The third kappa shape index (κ3) is 2.78. The molecule has 2 fully saturated rings. The molecule has 3 unspecified atom stereocenters. The van der Waals surface area contributed by atoms with Crippen molar-refractivity contribution in [3.8, 4) is 0 Å². The summed E-state index contributed by atoms with van der Waals surface area (Å²) in [4.78, 5) is 14.1. The lowest BCUT2D eigenvalue weighted by Crippen LogP contribution is -2.48.